The molecule has 0 aliphatic carbocycles. The minimum atomic E-state index is 0.374. The second-order valence-electron chi connectivity index (χ2n) is 12.5. The molecule has 238 valence electrons. The Balaban J connectivity index is 1.45. The summed E-state index contributed by atoms with van der Waals surface area (Å²) in [5, 5.41) is 24.4. The zero-order chi connectivity index (χ0) is 35.3. The summed E-state index contributed by atoms with van der Waals surface area (Å²) in [6, 6.07) is 52.3. The predicted octanol–water partition coefficient (Wildman–Crippen LogP) is 12.1. The molecule has 0 aliphatic heterocycles. The van der Waals surface area contributed by atoms with Crippen molar-refractivity contribution < 1.29 is 0 Å². The molecule has 6 heteroatoms. The van der Waals surface area contributed by atoms with E-state index in [-0.39, 0.29) is 0 Å². The van der Waals surface area contributed by atoms with Crippen LogP contribution in [0.3, 0.4) is 0 Å². The molecule has 0 atom stereocenters. The Morgan fingerprint density at radius 2 is 0.942 bits per heavy atom. The van der Waals surface area contributed by atoms with Gasteiger partial charge in [0.2, 0.25) is 0 Å². The number of nitrogens with zero attached hydrogens (tertiary/aromatic N) is 6. The van der Waals surface area contributed by atoms with Gasteiger partial charge < -0.3 is 9.13 Å². The minimum absolute atomic E-state index is 0.374. The molecule has 9 aromatic rings. The zero-order valence-electron chi connectivity index (χ0n) is 27.5. The Labute approximate surface area is 299 Å². The molecule has 0 fully saturated rings. The van der Waals surface area contributed by atoms with Crippen molar-refractivity contribution in [3.8, 4) is 45.8 Å². The first-order valence-electron chi connectivity index (χ1n) is 16.6. The molecule has 0 unspecified atom stereocenters. The van der Waals surface area contributed by atoms with Crippen LogP contribution in [0.4, 0.5) is 11.4 Å². The van der Waals surface area contributed by atoms with Crippen molar-refractivity contribution in [2.45, 2.75) is 0 Å². The number of para-hydroxylation sites is 2. The summed E-state index contributed by atoms with van der Waals surface area (Å²) in [6.45, 7) is 16.1. The van der Waals surface area contributed by atoms with Gasteiger partial charge in [0.1, 0.15) is 0 Å². The maximum Gasteiger partial charge on any atom is 0.196 e. The smallest absolute Gasteiger partial charge is 0.196 e. The van der Waals surface area contributed by atoms with E-state index >= 15 is 0 Å². The second-order valence-corrected chi connectivity index (χ2v) is 12.5. The van der Waals surface area contributed by atoms with Gasteiger partial charge in [0, 0.05) is 55.2 Å². The highest BCUT2D eigenvalue weighted by molar-refractivity contribution is 6.23. The Bertz CT molecular complexity index is 2920. The molecular weight excluding hydrogens is 637 g/mol. The first-order chi connectivity index (χ1) is 25.7. The van der Waals surface area contributed by atoms with Gasteiger partial charge in [-0.3, -0.25) is 0 Å². The third-order valence-corrected chi connectivity index (χ3v) is 9.85. The van der Waals surface area contributed by atoms with Crippen molar-refractivity contribution in [2.75, 3.05) is 0 Å². The fourth-order valence-corrected chi connectivity index (χ4v) is 7.78. The second kappa shape index (κ2) is 11.9. The quantitative estimate of drug-likeness (QED) is 0.176. The summed E-state index contributed by atoms with van der Waals surface area (Å²) < 4.78 is 4.50. The van der Waals surface area contributed by atoms with Crippen molar-refractivity contribution in [1.29, 1.82) is 10.5 Å². The van der Waals surface area contributed by atoms with E-state index in [2.05, 4.69) is 97.7 Å². The van der Waals surface area contributed by atoms with Gasteiger partial charge in [0.15, 0.2) is 11.4 Å². The summed E-state index contributed by atoms with van der Waals surface area (Å²) in [5.41, 5.74) is 10.0. The Kier molecular flexibility index (Phi) is 6.91. The van der Waals surface area contributed by atoms with Crippen LogP contribution >= 0.6 is 0 Å². The van der Waals surface area contributed by atoms with E-state index in [1.54, 1.807) is 36.4 Å². The number of hydrogen-bond donors (Lipinski definition) is 0. The van der Waals surface area contributed by atoms with Crippen LogP contribution in [0.15, 0.2) is 146 Å². The lowest BCUT2D eigenvalue weighted by Gasteiger charge is -2.12. The summed E-state index contributed by atoms with van der Waals surface area (Å²) in [7, 11) is 0. The topological polar surface area (TPSA) is 66.2 Å². The van der Waals surface area contributed by atoms with E-state index < -0.39 is 0 Å². The van der Waals surface area contributed by atoms with Gasteiger partial charge in [-0.2, -0.15) is 10.5 Å². The molecule has 52 heavy (non-hydrogen) atoms. The van der Waals surface area contributed by atoms with E-state index in [0.29, 0.717) is 33.6 Å². The lowest BCUT2D eigenvalue weighted by atomic mass is 9.90. The number of nitriles is 2. The lowest BCUT2D eigenvalue weighted by molar-refractivity contribution is 1.17. The summed E-state index contributed by atoms with van der Waals surface area (Å²) in [5.74, 6) is 0. The summed E-state index contributed by atoms with van der Waals surface area (Å²) >= 11 is 0. The number of benzene rings is 7. The largest absolute Gasteiger partial charge is 0.309 e. The van der Waals surface area contributed by atoms with Crippen LogP contribution in [0.1, 0.15) is 11.1 Å². The molecular formula is C46H24N6. The molecule has 0 bridgehead atoms. The Morgan fingerprint density at radius 1 is 0.442 bits per heavy atom. The fourth-order valence-electron chi connectivity index (χ4n) is 7.78. The third kappa shape index (κ3) is 4.33. The molecule has 0 saturated carbocycles. The maximum absolute atomic E-state index is 10.3. The molecule has 0 N–H and O–H groups in total. The van der Waals surface area contributed by atoms with Crippen LogP contribution in [0, 0.1) is 35.8 Å². The zero-order valence-corrected chi connectivity index (χ0v) is 27.5. The van der Waals surface area contributed by atoms with Crippen LogP contribution in [0.2, 0.25) is 0 Å². The monoisotopic (exact) mass is 660 g/mol. The van der Waals surface area contributed by atoms with Crippen molar-refractivity contribution in [2.24, 2.45) is 0 Å². The summed E-state index contributed by atoms with van der Waals surface area (Å²) in [4.78, 5) is 7.68. The predicted molar refractivity (Wildman–Crippen MR) is 208 cm³/mol. The molecule has 2 aromatic heterocycles. The Morgan fingerprint density at radius 3 is 1.52 bits per heavy atom. The molecule has 0 radical (unpaired) electrons. The van der Waals surface area contributed by atoms with Gasteiger partial charge in [0.25, 0.3) is 0 Å². The first kappa shape index (κ1) is 30.2. The molecule has 7 aromatic carbocycles. The average molecular weight is 661 g/mol. The van der Waals surface area contributed by atoms with Gasteiger partial charge in [0.05, 0.1) is 47.3 Å². The molecule has 9 rings (SSSR count). The highest BCUT2D eigenvalue weighted by Gasteiger charge is 2.24. The number of rotatable bonds is 4. The standard InChI is InChI=1S/C46H24N6/c1-49-37-19-8-12-29(27-47)43(37)34-17-10-22-41-45(34)46-35(44-30(28-48)13-9-20-38(44)50-2)18-11-23-42(46)52(41)32-24-25-40-36(26-32)33-16-6-7-21-39(33)51(40)31-14-4-3-5-15-31/h3-26H. The van der Waals surface area contributed by atoms with E-state index in [1.807, 2.05) is 42.5 Å². The molecule has 0 spiro atoms. The van der Waals surface area contributed by atoms with Gasteiger partial charge in [-0.15, -0.1) is 0 Å². The number of hydrogen-bond acceptors (Lipinski definition) is 2. The minimum Gasteiger partial charge on any atom is -0.309 e. The molecule has 0 saturated heterocycles. The highest BCUT2D eigenvalue weighted by Crippen LogP contribution is 2.48. The van der Waals surface area contributed by atoms with Crippen LogP contribution < -0.4 is 0 Å². The molecule has 2 heterocycles. The van der Waals surface area contributed by atoms with Crippen molar-refractivity contribution >= 4 is 55.0 Å². The van der Waals surface area contributed by atoms with Crippen LogP contribution in [0.5, 0.6) is 0 Å². The van der Waals surface area contributed by atoms with Gasteiger partial charge in [-0.1, -0.05) is 84.9 Å². The van der Waals surface area contributed by atoms with Crippen molar-refractivity contribution in [1.82, 2.24) is 9.13 Å². The van der Waals surface area contributed by atoms with Crippen molar-refractivity contribution in [3.63, 3.8) is 0 Å². The third-order valence-electron chi connectivity index (χ3n) is 9.85. The van der Waals surface area contributed by atoms with Gasteiger partial charge in [-0.25, -0.2) is 9.69 Å². The number of fused-ring (bicyclic) bond motifs is 6. The van der Waals surface area contributed by atoms with Crippen LogP contribution in [-0.2, 0) is 0 Å². The normalized spacial score (nSPS) is 11.0. The van der Waals surface area contributed by atoms with Gasteiger partial charge >= 0.3 is 0 Å². The lowest BCUT2D eigenvalue weighted by Crippen LogP contribution is -1.96. The van der Waals surface area contributed by atoms with E-state index in [0.717, 1.165) is 66.1 Å². The van der Waals surface area contributed by atoms with E-state index in [9.17, 15) is 10.5 Å². The molecule has 6 nitrogen and oxygen atoms in total. The van der Waals surface area contributed by atoms with Crippen molar-refractivity contribution in [3.05, 3.63) is 180 Å². The SMILES string of the molecule is [C-]#[N+]c1cccc(C#N)c1-c1cccc2c1c1c(-c3c(C#N)cccc3[N+]#[C-])cccc1n2-c1ccc2c(c1)c1ccccc1n2-c1ccccc1. The van der Waals surface area contributed by atoms with Crippen LogP contribution in [-0.4, -0.2) is 9.13 Å². The average Bonchev–Trinajstić information content (AvgIpc) is 3.73. The first-order valence-corrected chi connectivity index (χ1v) is 16.6. The van der Waals surface area contributed by atoms with E-state index in [1.165, 1.54) is 0 Å². The molecule has 0 aliphatic rings. The van der Waals surface area contributed by atoms with E-state index in [4.69, 9.17) is 13.1 Å². The molecule has 0 amide bonds. The Hall–Kier alpha value is -7.90. The summed E-state index contributed by atoms with van der Waals surface area (Å²) in [6.07, 6.45) is 0. The number of aromatic nitrogens is 2. The highest BCUT2D eigenvalue weighted by atomic mass is 15.0. The van der Waals surface area contributed by atoms with Crippen LogP contribution in [0.25, 0.3) is 86.9 Å². The van der Waals surface area contributed by atoms with Gasteiger partial charge in [-0.05, 0) is 71.8 Å². The maximum atomic E-state index is 10.3. The fraction of sp³-hybridized carbons (Fsp3) is 0.